The number of hydrogen-bond donors (Lipinski definition) is 2. The van der Waals surface area contributed by atoms with Crippen LogP contribution in [0.3, 0.4) is 0 Å². The van der Waals surface area contributed by atoms with Crippen molar-refractivity contribution >= 4 is 11.7 Å². The summed E-state index contributed by atoms with van der Waals surface area (Å²) in [7, 11) is 0. The Bertz CT molecular complexity index is 728. The van der Waals surface area contributed by atoms with Crippen LogP contribution in [0, 0.1) is 5.92 Å². The normalized spacial score (nSPS) is 14.0. The molecule has 1 unspecified atom stereocenters. The average Bonchev–Trinajstić information content (AvgIpc) is 3.59. The molecule has 0 aromatic rings. The molecule has 1 aliphatic rings. The Hall–Kier alpha value is -1.58. The maximum Gasteiger partial charge on any atom is 0.219 e. The average molecular weight is 628 g/mol. The molecular formula is C41H77N3O. The van der Waals surface area contributed by atoms with Gasteiger partial charge in [-0.1, -0.05) is 141 Å². The van der Waals surface area contributed by atoms with E-state index in [-0.39, 0.29) is 5.91 Å². The summed E-state index contributed by atoms with van der Waals surface area (Å²) < 4.78 is 0. The van der Waals surface area contributed by atoms with Gasteiger partial charge in [0.25, 0.3) is 0 Å². The molecule has 1 heterocycles. The highest BCUT2D eigenvalue weighted by molar-refractivity contribution is 5.85. The number of nitrogens with one attached hydrogen (secondary N) is 2. The summed E-state index contributed by atoms with van der Waals surface area (Å²) in [6.45, 7) is 7.28. The number of rotatable bonds is 34. The quantitative estimate of drug-likeness (QED) is 0.0551. The third kappa shape index (κ3) is 28.4. The van der Waals surface area contributed by atoms with Crippen LogP contribution in [0.15, 0.2) is 29.3 Å². The van der Waals surface area contributed by atoms with Gasteiger partial charge in [-0.2, -0.15) is 0 Å². The number of hydrogen-bond acceptors (Lipinski definition) is 3. The van der Waals surface area contributed by atoms with Crippen LogP contribution in [-0.4, -0.2) is 31.4 Å². The fourth-order valence-corrected chi connectivity index (χ4v) is 6.41. The molecule has 0 fully saturated rings. The van der Waals surface area contributed by atoms with Crippen LogP contribution in [0.5, 0.6) is 0 Å². The van der Waals surface area contributed by atoms with E-state index in [0.717, 1.165) is 38.9 Å². The molecule has 1 rings (SSSR count). The molecule has 1 atom stereocenters. The second kappa shape index (κ2) is 33.8. The van der Waals surface area contributed by atoms with Gasteiger partial charge in [0.1, 0.15) is 0 Å². The molecule has 0 radical (unpaired) electrons. The summed E-state index contributed by atoms with van der Waals surface area (Å²) in [6, 6.07) is 0. The van der Waals surface area contributed by atoms with E-state index in [2.05, 4.69) is 48.8 Å². The largest absolute Gasteiger partial charge is 0.372 e. The molecule has 0 spiro atoms. The van der Waals surface area contributed by atoms with E-state index in [0.29, 0.717) is 12.3 Å². The van der Waals surface area contributed by atoms with Crippen molar-refractivity contribution < 1.29 is 4.79 Å². The van der Waals surface area contributed by atoms with Crippen molar-refractivity contribution in [2.75, 3.05) is 19.6 Å². The summed E-state index contributed by atoms with van der Waals surface area (Å²) in [6.07, 6.45) is 46.6. The Kier molecular flexibility index (Phi) is 31.1. The van der Waals surface area contributed by atoms with Gasteiger partial charge in [-0.25, -0.2) is 0 Å². The van der Waals surface area contributed by atoms with E-state index in [1.165, 1.54) is 166 Å². The number of amidine groups is 1. The third-order valence-corrected chi connectivity index (χ3v) is 9.37. The lowest BCUT2D eigenvalue weighted by atomic mass is 9.94. The van der Waals surface area contributed by atoms with Crippen LogP contribution < -0.4 is 10.6 Å². The van der Waals surface area contributed by atoms with Crippen LogP contribution in [0.2, 0.25) is 0 Å². The standard InChI is InChI=1S/C41H77N3O/c1-3-5-7-9-11-13-15-17-19-21-23-25-27-29-31-35-40(45)42-36-32-34-39(41-43-37-38-44-41)33-30-28-26-24-22-20-18-16-14-12-10-8-6-4-2/h17-20,39H,3-16,21-38H2,1-2H3,(H,42,45)(H,43,44)/b19-17-,20-18-. The number of carbonyl (C=O) groups is 1. The zero-order valence-corrected chi connectivity index (χ0v) is 30.4. The SMILES string of the molecule is CCCCCCCC/C=C\CCCCCCCC(=O)NCCCC(CCCCCC/C=C\CCCCCCCC)C1=NCCN1. The molecule has 0 saturated heterocycles. The third-order valence-electron chi connectivity index (χ3n) is 9.37. The highest BCUT2D eigenvalue weighted by Gasteiger charge is 2.18. The molecule has 0 saturated carbocycles. The predicted molar refractivity (Wildman–Crippen MR) is 200 cm³/mol. The monoisotopic (exact) mass is 628 g/mol. The van der Waals surface area contributed by atoms with Gasteiger partial charge in [-0.15, -0.1) is 0 Å². The van der Waals surface area contributed by atoms with E-state index in [1.54, 1.807) is 0 Å². The lowest BCUT2D eigenvalue weighted by molar-refractivity contribution is -0.121. The Labute approximate surface area is 281 Å². The molecule has 45 heavy (non-hydrogen) atoms. The first-order chi connectivity index (χ1) is 22.3. The number of amides is 1. The summed E-state index contributed by atoms with van der Waals surface area (Å²) in [4.78, 5) is 17.1. The Morgan fingerprint density at radius 1 is 0.622 bits per heavy atom. The Morgan fingerprint density at radius 3 is 1.56 bits per heavy atom. The van der Waals surface area contributed by atoms with Crippen molar-refractivity contribution in [1.82, 2.24) is 10.6 Å². The molecule has 0 aromatic carbocycles. The highest BCUT2D eigenvalue weighted by atomic mass is 16.1. The lowest BCUT2D eigenvalue weighted by Gasteiger charge is -2.18. The molecule has 1 aliphatic heterocycles. The molecule has 0 bridgehead atoms. The van der Waals surface area contributed by atoms with Crippen LogP contribution in [0.4, 0.5) is 0 Å². The second-order valence-electron chi connectivity index (χ2n) is 13.7. The smallest absolute Gasteiger partial charge is 0.219 e. The van der Waals surface area contributed by atoms with Crippen LogP contribution >= 0.6 is 0 Å². The minimum absolute atomic E-state index is 0.238. The molecule has 4 heteroatoms. The topological polar surface area (TPSA) is 53.5 Å². The van der Waals surface area contributed by atoms with Gasteiger partial charge in [0.15, 0.2) is 0 Å². The molecular weight excluding hydrogens is 550 g/mol. The summed E-state index contributed by atoms with van der Waals surface area (Å²) in [5.74, 6) is 2.00. The lowest BCUT2D eigenvalue weighted by Crippen LogP contribution is -2.29. The molecule has 2 N–H and O–H groups in total. The molecule has 262 valence electrons. The zero-order chi connectivity index (χ0) is 32.3. The van der Waals surface area contributed by atoms with E-state index in [4.69, 9.17) is 4.99 Å². The molecule has 0 aliphatic carbocycles. The molecule has 4 nitrogen and oxygen atoms in total. The van der Waals surface area contributed by atoms with Crippen molar-refractivity contribution in [3.63, 3.8) is 0 Å². The van der Waals surface area contributed by atoms with Crippen LogP contribution in [0.25, 0.3) is 0 Å². The fraction of sp³-hybridized carbons (Fsp3) is 0.854. The fourth-order valence-electron chi connectivity index (χ4n) is 6.41. The first-order valence-electron chi connectivity index (χ1n) is 20.1. The molecule has 1 amide bonds. The van der Waals surface area contributed by atoms with Crippen molar-refractivity contribution in [1.29, 1.82) is 0 Å². The van der Waals surface area contributed by atoms with E-state index in [1.807, 2.05) is 0 Å². The van der Waals surface area contributed by atoms with Crippen molar-refractivity contribution in [3.05, 3.63) is 24.3 Å². The van der Waals surface area contributed by atoms with E-state index < -0.39 is 0 Å². The first kappa shape index (κ1) is 41.4. The molecule has 0 aromatic heterocycles. The van der Waals surface area contributed by atoms with E-state index >= 15 is 0 Å². The van der Waals surface area contributed by atoms with Gasteiger partial charge in [0.05, 0.1) is 12.4 Å². The van der Waals surface area contributed by atoms with Gasteiger partial charge in [0, 0.05) is 25.4 Å². The van der Waals surface area contributed by atoms with E-state index in [9.17, 15) is 4.79 Å². The maximum absolute atomic E-state index is 12.3. The minimum atomic E-state index is 0.238. The number of carbonyl (C=O) groups excluding carboxylic acids is 1. The second-order valence-corrected chi connectivity index (χ2v) is 13.7. The minimum Gasteiger partial charge on any atom is -0.372 e. The van der Waals surface area contributed by atoms with Gasteiger partial charge < -0.3 is 10.6 Å². The highest BCUT2D eigenvalue weighted by Crippen LogP contribution is 2.19. The van der Waals surface area contributed by atoms with Crippen LogP contribution in [-0.2, 0) is 4.79 Å². The number of allylic oxidation sites excluding steroid dienone is 4. The number of unbranched alkanes of at least 4 members (excludes halogenated alkanes) is 21. The summed E-state index contributed by atoms with van der Waals surface area (Å²) in [5, 5.41) is 6.71. The van der Waals surface area contributed by atoms with Crippen molar-refractivity contribution in [2.45, 2.75) is 200 Å². The van der Waals surface area contributed by atoms with Gasteiger partial charge in [0.2, 0.25) is 5.91 Å². The first-order valence-corrected chi connectivity index (χ1v) is 20.1. The van der Waals surface area contributed by atoms with Crippen molar-refractivity contribution in [3.8, 4) is 0 Å². The van der Waals surface area contributed by atoms with Gasteiger partial charge in [-0.3, -0.25) is 9.79 Å². The number of aliphatic imine (C=N–C) groups is 1. The Morgan fingerprint density at radius 2 is 1.07 bits per heavy atom. The zero-order valence-electron chi connectivity index (χ0n) is 30.4. The van der Waals surface area contributed by atoms with Crippen molar-refractivity contribution in [2.24, 2.45) is 10.9 Å². The predicted octanol–water partition coefficient (Wildman–Crippen LogP) is 12.2. The van der Waals surface area contributed by atoms with Crippen LogP contribution in [0.1, 0.15) is 200 Å². The number of nitrogens with zero attached hydrogens (tertiary/aromatic N) is 1. The summed E-state index contributed by atoms with van der Waals surface area (Å²) >= 11 is 0. The maximum atomic E-state index is 12.3. The van der Waals surface area contributed by atoms with Gasteiger partial charge in [-0.05, 0) is 77.0 Å². The summed E-state index contributed by atoms with van der Waals surface area (Å²) in [5.41, 5.74) is 0. The van der Waals surface area contributed by atoms with Gasteiger partial charge >= 0.3 is 0 Å². The Balaban J connectivity index is 1.98.